The van der Waals surface area contributed by atoms with Crippen LogP contribution in [0.2, 0.25) is 0 Å². The van der Waals surface area contributed by atoms with Gasteiger partial charge in [-0.3, -0.25) is 4.68 Å². The van der Waals surface area contributed by atoms with E-state index in [-0.39, 0.29) is 0 Å². The zero-order chi connectivity index (χ0) is 13.1. The first kappa shape index (κ1) is 12.9. The third kappa shape index (κ3) is 3.94. The molecule has 0 bridgehead atoms. The maximum Gasteiger partial charge on any atom is 0.145 e. The molecular weight excluding hydrogens is 238 g/mol. The lowest BCUT2D eigenvalue weighted by Gasteiger charge is -2.34. The number of nitrogen functional groups attached to an aromatic ring is 1. The summed E-state index contributed by atoms with van der Waals surface area (Å²) in [5.41, 5.74) is 5.61. The van der Waals surface area contributed by atoms with Gasteiger partial charge in [0.05, 0.1) is 0 Å². The van der Waals surface area contributed by atoms with Gasteiger partial charge in [-0.05, 0) is 37.8 Å². The van der Waals surface area contributed by atoms with Crippen LogP contribution in [-0.4, -0.2) is 58.8 Å². The summed E-state index contributed by atoms with van der Waals surface area (Å²) in [5.74, 6) is 1.64. The maximum absolute atomic E-state index is 5.61. The van der Waals surface area contributed by atoms with Crippen molar-refractivity contribution in [1.82, 2.24) is 19.6 Å². The average Bonchev–Trinajstić information content (AvgIpc) is 3.13. The molecule has 2 N–H and O–H groups in total. The highest BCUT2D eigenvalue weighted by Gasteiger charge is 2.26. The third-order valence-electron chi connectivity index (χ3n) is 4.20. The Morgan fingerprint density at radius 2 is 1.84 bits per heavy atom. The number of piperazine rings is 1. The van der Waals surface area contributed by atoms with Gasteiger partial charge in [-0.2, -0.15) is 5.10 Å². The molecule has 1 aliphatic heterocycles. The van der Waals surface area contributed by atoms with E-state index in [9.17, 15) is 0 Å². The molecule has 0 aromatic carbocycles. The number of rotatable bonds is 6. The van der Waals surface area contributed by atoms with Gasteiger partial charge in [-0.1, -0.05) is 0 Å². The van der Waals surface area contributed by atoms with Crippen molar-refractivity contribution in [3.63, 3.8) is 0 Å². The number of hydrogen-bond donors (Lipinski definition) is 1. The smallest absolute Gasteiger partial charge is 0.145 e. The second-order valence-corrected chi connectivity index (χ2v) is 5.94. The molecule has 0 unspecified atom stereocenters. The number of nitrogens with two attached hydrogens (primary N) is 1. The molecule has 1 saturated heterocycles. The molecule has 2 fully saturated rings. The van der Waals surface area contributed by atoms with Crippen molar-refractivity contribution in [2.24, 2.45) is 5.92 Å². The van der Waals surface area contributed by atoms with E-state index in [2.05, 4.69) is 14.9 Å². The number of aromatic nitrogens is 2. The topological polar surface area (TPSA) is 50.3 Å². The van der Waals surface area contributed by atoms with E-state index < -0.39 is 0 Å². The van der Waals surface area contributed by atoms with Gasteiger partial charge < -0.3 is 15.5 Å². The van der Waals surface area contributed by atoms with Crippen LogP contribution in [-0.2, 0) is 6.54 Å². The van der Waals surface area contributed by atoms with Crippen molar-refractivity contribution in [2.75, 3.05) is 45.0 Å². The van der Waals surface area contributed by atoms with E-state index in [1.807, 2.05) is 16.9 Å². The van der Waals surface area contributed by atoms with Crippen LogP contribution in [0, 0.1) is 5.92 Å². The molecule has 0 atom stereocenters. The summed E-state index contributed by atoms with van der Waals surface area (Å²) >= 11 is 0. The standard InChI is InChI=1S/C14H25N5/c15-14-4-7-19(16-14)6-1-5-17-8-10-18(11-9-17)12-13-2-3-13/h4,7,13H,1-3,5-6,8-12H2,(H2,15,16). The highest BCUT2D eigenvalue weighted by atomic mass is 15.3. The van der Waals surface area contributed by atoms with Crippen LogP contribution < -0.4 is 5.73 Å². The fraction of sp³-hybridized carbons (Fsp3) is 0.786. The Bertz CT molecular complexity index is 390. The third-order valence-corrected chi connectivity index (χ3v) is 4.20. The highest BCUT2D eigenvalue weighted by molar-refractivity contribution is 5.23. The number of aryl methyl sites for hydroxylation is 1. The first-order valence-corrected chi connectivity index (χ1v) is 7.53. The fourth-order valence-electron chi connectivity index (χ4n) is 2.82. The van der Waals surface area contributed by atoms with Gasteiger partial charge in [0.15, 0.2) is 0 Å². The van der Waals surface area contributed by atoms with Gasteiger partial charge in [-0.15, -0.1) is 0 Å². The van der Waals surface area contributed by atoms with Gasteiger partial charge in [0, 0.05) is 45.5 Å². The van der Waals surface area contributed by atoms with Crippen molar-refractivity contribution in [2.45, 2.75) is 25.8 Å². The number of hydrogen-bond acceptors (Lipinski definition) is 4. The molecule has 19 heavy (non-hydrogen) atoms. The van der Waals surface area contributed by atoms with Crippen molar-refractivity contribution in [3.05, 3.63) is 12.3 Å². The monoisotopic (exact) mass is 263 g/mol. The van der Waals surface area contributed by atoms with Crippen LogP contribution in [0.25, 0.3) is 0 Å². The Morgan fingerprint density at radius 3 is 2.47 bits per heavy atom. The van der Waals surface area contributed by atoms with Crippen LogP contribution in [0.1, 0.15) is 19.3 Å². The van der Waals surface area contributed by atoms with Crippen molar-refractivity contribution in [3.8, 4) is 0 Å². The largest absolute Gasteiger partial charge is 0.382 e. The van der Waals surface area contributed by atoms with E-state index in [1.165, 1.54) is 52.1 Å². The van der Waals surface area contributed by atoms with Crippen molar-refractivity contribution in [1.29, 1.82) is 0 Å². The summed E-state index contributed by atoms with van der Waals surface area (Å²) < 4.78 is 1.94. The van der Waals surface area contributed by atoms with Gasteiger partial charge in [0.1, 0.15) is 5.82 Å². The summed E-state index contributed by atoms with van der Waals surface area (Å²) in [6.07, 6.45) is 6.05. The predicted octanol–water partition coefficient (Wildman–Crippen LogP) is 0.883. The summed E-state index contributed by atoms with van der Waals surface area (Å²) in [5, 5.41) is 4.21. The molecule has 1 aromatic heterocycles. The van der Waals surface area contributed by atoms with E-state index in [0.717, 1.165) is 18.9 Å². The molecule has 0 spiro atoms. The molecule has 5 nitrogen and oxygen atoms in total. The normalized spacial score (nSPS) is 21.9. The fourth-order valence-corrected chi connectivity index (χ4v) is 2.82. The van der Waals surface area contributed by atoms with Gasteiger partial charge in [-0.25, -0.2) is 0 Å². The second-order valence-electron chi connectivity index (χ2n) is 5.94. The minimum atomic E-state index is 0.619. The first-order chi connectivity index (χ1) is 9.29. The van der Waals surface area contributed by atoms with Crippen LogP contribution in [0.15, 0.2) is 12.3 Å². The van der Waals surface area contributed by atoms with E-state index in [1.54, 1.807) is 0 Å². The molecule has 1 aliphatic carbocycles. The molecule has 1 aromatic rings. The quantitative estimate of drug-likeness (QED) is 0.828. The molecule has 1 saturated carbocycles. The molecule has 5 heteroatoms. The Kier molecular flexibility index (Phi) is 4.03. The Labute approximate surface area is 115 Å². The molecule has 2 aliphatic rings. The van der Waals surface area contributed by atoms with Crippen molar-refractivity contribution >= 4 is 5.82 Å². The lowest BCUT2D eigenvalue weighted by Crippen LogP contribution is -2.47. The molecular formula is C14H25N5. The predicted molar refractivity (Wildman–Crippen MR) is 76.9 cm³/mol. The molecule has 0 radical (unpaired) electrons. The summed E-state index contributed by atoms with van der Waals surface area (Å²) in [4.78, 5) is 5.22. The average molecular weight is 263 g/mol. The minimum absolute atomic E-state index is 0.619. The number of nitrogens with zero attached hydrogens (tertiary/aromatic N) is 4. The Hall–Kier alpha value is -1.07. The van der Waals surface area contributed by atoms with Crippen LogP contribution >= 0.6 is 0 Å². The van der Waals surface area contributed by atoms with Crippen LogP contribution in [0.3, 0.4) is 0 Å². The zero-order valence-electron chi connectivity index (χ0n) is 11.7. The summed E-state index contributed by atoms with van der Waals surface area (Å²) in [7, 11) is 0. The highest BCUT2D eigenvalue weighted by Crippen LogP contribution is 2.29. The zero-order valence-corrected chi connectivity index (χ0v) is 11.7. The van der Waals surface area contributed by atoms with Gasteiger partial charge in [0.2, 0.25) is 0 Å². The summed E-state index contributed by atoms with van der Waals surface area (Å²) in [6.45, 7) is 8.47. The van der Waals surface area contributed by atoms with Crippen LogP contribution in [0.4, 0.5) is 5.82 Å². The van der Waals surface area contributed by atoms with Crippen molar-refractivity contribution < 1.29 is 0 Å². The Morgan fingerprint density at radius 1 is 1.11 bits per heavy atom. The molecule has 0 amide bonds. The molecule has 106 valence electrons. The SMILES string of the molecule is Nc1ccn(CCCN2CCN(CC3CC3)CC2)n1. The minimum Gasteiger partial charge on any atom is -0.382 e. The van der Waals surface area contributed by atoms with E-state index in [0.29, 0.717) is 5.82 Å². The second kappa shape index (κ2) is 5.92. The van der Waals surface area contributed by atoms with E-state index >= 15 is 0 Å². The molecule has 3 rings (SSSR count). The number of anilines is 1. The Balaban J connectivity index is 1.31. The van der Waals surface area contributed by atoms with Crippen LogP contribution in [0.5, 0.6) is 0 Å². The van der Waals surface area contributed by atoms with E-state index in [4.69, 9.17) is 5.73 Å². The molecule has 2 heterocycles. The first-order valence-electron chi connectivity index (χ1n) is 7.53. The van der Waals surface area contributed by atoms with Gasteiger partial charge >= 0.3 is 0 Å². The van der Waals surface area contributed by atoms with Gasteiger partial charge in [0.25, 0.3) is 0 Å². The summed E-state index contributed by atoms with van der Waals surface area (Å²) in [6, 6.07) is 1.86. The lowest BCUT2D eigenvalue weighted by atomic mass is 10.2. The maximum atomic E-state index is 5.61. The lowest BCUT2D eigenvalue weighted by molar-refractivity contribution is 0.126.